The van der Waals surface area contributed by atoms with Gasteiger partial charge in [0.2, 0.25) is 0 Å². The number of rotatable bonds is 3. The molecule has 1 heterocycles. The van der Waals surface area contributed by atoms with Crippen molar-refractivity contribution in [2.45, 2.75) is 13.0 Å². The topological polar surface area (TPSA) is 12.0 Å². The molecule has 0 spiro atoms. The van der Waals surface area contributed by atoms with Crippen LogP contribution in [0.4, 0.5) is 10.1 Å². The number of benzene rings is 1. The van der Waals surface area contributed by atoms with E-state index in [1.165, 1.54) is 17.4 Å². The summed E-state index contributed by atoms with van der Waals surface area (Å²) >= 11 is 13.0. The van der Waals surface area contributed by atoms with Crippen LogP contribution in [0.15, 0.2) is 30.3 Å². The molecule has 0 saturated heterocycles. The average molecular weight is 290 g/mol. The zero-order valence-electron chi connectivity index (χ0n) is 9.01. The molecule has 90 valence electrons. The Hall–Kier alpha value is -0.770. The third kappa shape index (κ3) is 2.92. The molecule has 1 aromatic heterocycles. The van der Waals surface area contributed by atoms with Crippen molar-refractivity contribution in [2.75, 3.05) is 5.32 Å². The second-order valence-corrected chi connectivity index (χ2v) is 5.76. The van der Waals surface area contributed by atoms with Crippen LogP contribution < -0.4 is 5.32 Å². The summed E-state index contributed by atoms with van der Waals surface area (Å²) in [6.07, 6.45) is 0. The van der Waals surface area contributed by atoms with Gasteiger partial charge in [-0.1, -0.05) is 29.3 Å². The van der Waals surface area contributed by atoms with Gasteiger partial charge in [0.05, 0.1) is 21.1 Å². The molecule has 0 bridgehead atoms. The Morgan fingerprint density at radius 1 is 1.24 bits per heavy atom. The SMILES string of the molecule is CC(Nc1cccc(Cl)c1F)c1ccc(Cl)s1. The van der Waals surface area contributed by atoms with Gasteiger partial charge in [0.15, 0.2) is 5.82 Å². The molecule has 17 heavy (non-hydrogen) atoms. The van der Waals surface area contributed by atoms with Crippen molar-refractivity contribution in [1.82, 2.24) is 0 Å². The minimum Gasteiger partial charge on any atom is -0.375 e. The monoisotopic (exact) mass is 289 g/mol. The summed E-state index contributed by atoms with van der Waals surface area (Å²) in [5, 5.41) is 3.19. The maximum absolute atomic E-state index is 13.7. The zero-order chi connectivity index (χ0) is 12.4. The van der Waals surface area contributed by atoms with E-state index in [0.29, 0.717) is 5.69 Å². The van der Waals surface area contributed by atoms with Crippen LogP contribution in [-0.4, -0.2) is 0 Å². The third-order valence-corrected chi connectivity index (χ3v) is 4.05. The zero-order valence-corrected chi connectivity index (χ0v) is 11.3. The number of hydrogen-bond donors (Lipinski definition) is 1. The number of nitrogens with one attached hydrogen (secondary N) is 1. The van der Waals surface area contributed by atoms with Crippen LogP contribution in [0, 0.1) is 5.82 Å². The molecule has 2 aromatic rings. The molecule has 2 rings (SSSR count). The highest BCUT2D eigenvalue weighted by atomic mass is 35.5. The van der Waals surface area contributed by atoms with Gasteiger partial charge in [0, 0.05) is 4.88 Å². The largest absolute Gasteiger partial charge is 0.375 e. The van der Waals surface area contributed by atoms with E-state index in [-0.39, 0.29) is 11.1 Å². The first-order chi connectivity index (χ1) is 8.08. The molecule has 0 aliphatic carbocycles. The van der Waals surface area contributed by atoms with Gasteiger partial charge in [0.1, 0.15) is 0 Å². The van der Waals surface area contributed by atoms with E-state index in [9.17, 15) is 4.39 Å². The van der Waals surface area contributed by atoms with Crippen molar-refractivity contribution in [3.63, 3.8) is 0 Å². The van der Waals surface area contributed by atoms with E-state index < -0.39 is 5.82 Å². The summed E-state index contributed by atoms with van der Waals surface area (Å²) in [5.74, 6) is -0.427. The number of halogens is 3. The molecule has 1 atom stereocenters. The number of anilines is 1. The summed E-state index contributed by atoms with van der Waals surface area (Å²) in [6, 6.07) is 8.63. The standard InChI is InChI=1S/C12H10Cl2FNS/c1-7(10-5-6-11(14)17-10)16-9-4-2-3-8(13)12(9)15/h2-7,16H,1H3. The van der Waals surface area contributed by atoms with Gasteiger partial charge in [0.25, 0.3) is 0 Å². The Morgan fingerprint density at radius 2 is 2.00 bits per heavy atom. The minimum absolute atomic E-state index is 0.0135. The van der Waals surface area contributed by atoms with Crippen molar-refractivity contribution >= 4 is 40.2 Å². The molecule has 0 fully saturated rings. The van der Waals surface area contributed by atoms with Gasteiger partial charge in [-0.05, 0) is 31.2 Å². The van der Waals surface area contributed by atoms with Gasteiger partial charge in [-0.15, -0.1) is 11.3 Å². The van der Waals surface area contributed by atoms with Crippen LogP contribution >= 0.6 is 34.5 Å². The predicted molar refractivity (Wildman–Crippen MR) is 72.8 cm³/mol. The lowest BCUT2D eigenvalue weighted by molar-refractivity contribution is 0.628. The smallest absolute Gasteiger partial charge is 0.164 e. The number of thiophene rings is 1. The normalized spacial score (nSPS) is 12.5. The second-order valence-electron chi connectivity index (χ2n) is 3.61. The molecule has 0 aliphatic heterocycles. The molecule has 0 saturated carbocycles. The van der Waals surface area contributed by atoms with Crippen LogP contribution in [0.1, 0.15) is 17.8 Å². The highest BCUT2D eigenvalue weighted by Crippen LogP contribution is 2.30. The van der Waals surface area contributed by atoms with E-state index in [1.807, 2.05) is 19.1 Å². The van der Waals surface area contributed by atoms with E-state index in [0.717, 1.165) is 9.21 Å². The summed E-state index contributed by atoms with van der Waals surface area (Å²) in [6.45, 7) is 1.95. The highest BCUT2D eigenvalue weighted by molar-refractivity contribution is 7.16. The maximum Gasteiger partial charge on any atom is 0.164 e. The molecule has 0 aliphatic rings. The highest BCUT2D eigenvalue weighted by Gasteiger charge is 2.12. The van der Waals surface area contributed by atoms with Crippen LogP contribution in [0.2, 0.25) is 9.36 Å². The molecule has 0 radical (unpaired) electrons. The second kappa shape index (κ2) is 5.25. The Morgan fingerprint density at radius 3 is 2.65 bits per heavy atom. The number of hydrogen-bond acceptors (Lipinski definition) is 2. The lowest BCUT2D eigenvalue weighted by Crippen LogP contribution is -2.06. The fraction of sp³-hybridized carbons (Fsp3) is 0.167. The van der Waals surface area contributed by atoms with Crippen molar-refractivity contribution in [1.29, 1.82) is 0 Å². The maximum atomic E-state index is 13.7. The Kier molecular flexibility index (Phi) is 3.92. The molecular weight excluding hydrogens is 280 g/mol. The van der Waals surface area contributed by atoms with E-state index in [4.69, 9.17) is 23.2 Å². The molecule has 1 aromatic carbocycles. The Labute approximate surface area is 113 Å². The van der Waals surface area contributed by atoms with Gasteiger partial charge in [-0.3, -0.25) is 0 Å². The Balaban J connectivity index is 2.18. The fourth-order valence-electron chi connectivity index (χ4n) is 1.48. The minimum atomic E-state index is -0.427. The fourth-order valence-corrected chi connectivity index (χ4v) is 2.72. The molecule has 0 amide bonds. The first-order valence-electron chi connectivity index (χ1n) is 5.03. The van der Waals surface area contributed by atoms with Crippen molar-refractivity contribution < 1.29 is 4.39 Å². The van der Waals surface area contributed by atoms with Gasteiger partial charge in [-0.2, -0.15) is 0 Å². The lowest BCUT2D eigenvalue weighted by atomic mass is 10.2. The molecule has 1 unspecified atom stereocenters. The van der Waals surface area contributed by atoms with Crippen LogP contribution in [0.3, 0.4) is 0 Å². The van der Waals surface area contributed by atoms with E-state index in [1.54, 1.807) is 12.1 Å². The molecule has 1 N–H and O–H groups in total. The molecule has 1 nitrogen and oxygen atoms in total. The van der Waals surface area contributed by atoms with Crippen molar-refractivity contribution in [3.8, 4) is 0 Å². The third-order valence-electron chi connectivity index (χ3n) is 2.34. The van der Waals surface area contributed by atoms with Crippen LogP contribution in [0.5, 0.6) is 0 Å². The van der Waals surface area contributed by atoms with Gasteiger partial charge in [-0.25, -0.2) is 4.39 Å². The van der Waals surface area contributed by atoms with Crippen LogP contribution in [0.25, 0.3) is 0 Å². The van der Waals surface area contributed by atoms with Gasteiger partial charge < -0.3 is 5.32 Å². The first-order valence-corrected chi connectivity index (χ1v) is 6.61. The first kappa shape index (κ1) is 12.7. The summed E-state index contributed by atoms with van der Waals surface area (Å²) < 4.78 is 14.4. The van der Waals surface area contributed by atoms with Gasteiger partial charge >= 0.3 is 0 Å². The Bertz CT molecular complexity index is 527. The van der Waals surface area contributed by atoms with Crippen LogP contribution in [-0.2, 0) is 0 Å². The summed E-state index contributed by atoms with van der Waals surface area (Å²) in [4.78, 5) is 1.05. The molecule has 5 heteroatoms. The molecular formula is C12H10Cl2FNS. The average Bonchev–Trinajstić information content (AvgIpc) is 2.72. The van der Waals surface area contributed by atoms with E-state index in [2.05, 4.69) is 5.32 Å². The summed E-state index contributed by atoms with van der Waals surface area (Å²) in [7, 11) is 0. The lowest BCUT2D eigenvalue weighted by Gasteiger charge is -2.14. The van der Waals surface area contributed by atoms with Crippen molar-refractivity contribution in [3.05, 3.63) is 50.4 Å². The summed E-state index contributed by atoms with van der Waals surface area (Å²) in [5.41, 5.74) is 0.398. The quantitative estimate of drug-likeness (QED) is 0.801. The predicted octanol–water partition coefficient (Wildman–Crippen LogP) is 5.37. The van der Waals surface area contributed by atoms with Crippen molar-refractivity contribution in [2.24, 2.45) is 0 Å². The van der Waals surface area contributed by atoms with E-state index >= 15 is 0 Å².